The molecule has 1 aromatic rings. The monoisotopic (exact) mass is 378 g/mol. The maximum absolute atomic E-state index is 12.9. The number of carbonyl (C=O) groups is 3. The average molecular weight is 379 g/mol. The number of halogens is 1. The first-order chi connectivity index (χ1) is 12.5. The van der Waals surface area contributed by atoms with Gasteiger partial charge in [-0.2, -0.15) is 0 Å². The Labute approximate surface area is 158 Å². The summed E-state index contributed by atoms with van der Waals surface area (Å²) in [7, 11) is 0. The Morgan fingerprint density at radius 3 is 2.81 bits per heavy atom. The number of ether oxygens (including phenoxy) is 1. The standard InChI is InChI=1S/C19H23ClN2O4/c1-2-26-19(25)13-5-4-8-21(11-13)18(24)14-9-17(23)22(12-14)16-7-3-6-15(20)10-16/h3,6-7,10,13-14H,2,4-5,8-9,11-12H2,1H3/t13-,14+/m1/s1. The second-order valence-corrected chi connectivity index (χ2v) is 7.20. The zero-order chi connectivity index (χ0) is 18.7. The van der Waals surface area contributed by atoms with Crippen molar-refractivity contribution in [1.29, 1.82) is 0 Å². The fourth-order valence-corrected chi connectivity index (χ4v) is 3.84. The summed E-state index contributed by atoms with van der Waals surface area (Å²) < 4.78 is 5.09. The number of esters is 1. The molecule has 2 aliphatic rings. The second-order valence-electron chi connectivity index (χ2n) is 6.76. The normalized spacial score (nSPS) is 23.2. The number of piperidine rings is 1. The van der Waals surface area contributed by atoms with Crippen LogP contribution in [0.25, 0.3) is 0 Å². The summed E-state index contributed by atoms with van der Waals surface area (Å²) in [5.41, 5.74) is 0.709. The molecule has 3 rings (SSSR count). The summed E-state index contributed by atoms with van der Waals surface area (Å²) in [5.74, 6) is -1.04. The lowest BCUT2D eigenvalue weighted by molar-refractivity contribution is -0.152. The predicted molar refractivity (Wildman–Crippen MR) is 97.8 cm³/mol. The molecule has 0 N–H and O–H groups in total. The molecule has 6 nitrogen and oxygen atoms in total. The molecular formula is C19H23ClN2O4. The smallest absolute Gasteiger partial charge is 0.310 e. The van der Waals surface area contributed by atoms with Gasteiger partial charge in [-0.25, -0.2) is 0 Å². The van der Waals surface area contributed by atoms with Gasteiger partial charge in [-0.1, -0.05) is 17.7 Å². The highest BCUT2D eigenvalue weighted by atomic mass is 35.5. The third-order valence-electron chi connectivity index (χ3n) is 4.95. The van der Waals surface area contributed by atoms with E-state index in [1.54, 1.807) is 34.9 Å². The van der Waals surface area contributed by atoms with E-state index in [0.717, 1.165) is 12.8 Å². The SMILES string of the molecule is CCOC(=O)[C@@H]1CCCN(C(=O)[C@H]2CC(=O)N(c3cccc(Cl)c3)C2)C1. The Hall–Kier alpha value is -2.08. The molecule has 0 saturated carbocycles. The van der Waals surface area contributed by atoms with Crippen LogP contribution in [0.1, 0.15) is 26.2 Å². The number of hydrogen-bond acceptors (Lipinski definition) is 4. The lowest BCUT2D eigenvalue weighted by Crippen LogP contribution is -2.45. The number of anilines is 1. The maximum atomic E-state index is 12.9. The zero-order valence-corrected chi connectivity index (χ0v) is 15.6. The first kappa shape index (κ1) is 18.7. The van der Waals surface area contributed by atoms with Gasteiger partial charge in [0, 0.05) is 36.8 Å². The van der Waals surface area contributed by atoms with Crippen LogP contribution in [0.3, 0.4) is 0 Å². The van der Waals surface area contributed by atoms with Crippen LogP contribution in [0.15, 0.2) is 24.3 Å². The molecule has 2 amide bonds. The molecule has 2 aliphatic heterocycles. The Morgan fingerprint density at radius 2 is 2.08 bits per heavy atom. The minimum atomic E-state index is -0.387. The van der Waals surface area contributed by atoms with Crippen molar-refractivity contribution in [3.63, 3.8) is 0 Å². The highest BCUT2D eigenvalue weighted by Gasteiger charge is 2.39. The van der Waals surface area contributed by atoms with E-state index in [4.69, 9.17) is 16.3 Å². The fraction of sp³-hybridized carbons (Fsp3) is 0.526. The highest BCUT2D eigenvalue weighted by Crippen LogP contribution is 2.29. The molecule has 0 aromatic heterocycles. The van der Waals surface area contributed by atoms with E-state index >= 15 is 0 Å². The molecule has 0 bridgehead atoms. The van der Waals surface area contributed by atoms with Gasteiger partial charge in [0.25, 0.3) is 0 Å². The molecule has 2 fully saturated rings. The van der Waals surface area contributed by atoms with Gasteiger partial charge >= 0.3 is 5.97 Å². The van der Waals surface area contributed by atoms with Gasteiger partial charge in [0.05, 0.1) is 18.4 Å². The summed E-state index contributed by atoms with van der Waals surface area (Å²) in [5, 5.41) is 0.554. The maximum Gasteiger partial charge on any atom is 0.310 e. The van der Waals surface area contributed by atoms with Crippen LogP contribution in [0.2, 0.25) is 5.02 Å². The van der Waals surface area contributed by atoms with Crippen molar-refractivity contribution in [3.05, 3.63) is 29.3 Å². The van der Waals surface area contributed by atoms with Crippen molar-refractivity contribution < 1.29 is 19.1 Å². The van der Waals surface area contributed by atoms with Crippen LogP contribution in [0, 0.1) is 11.8 Å². The Balaban J connectivity index is 1.65. The minimum Gasteiger partial charge on any atom is -0.466 e. The number of rotatable bonds is 4. The molecule has 2 atom stereocenters. The van der Waals surface area contributed by atoms with E-state index in [9.17, 15) is 14.4 Å². The molecule has 0 spiro atoms. The number of hydrogen-bond donors (Lipinski definition) is 0. The zero-order valence-electron chi connectivity index (χ0n) is 14.8. The van der Waals surface area contributed by atoms with Crippen molar-refractivity contribution in [2.75, 3.05) is 31.1 Å². The molecule has 0 unspecified atom stereocenters. The summed E-state index contributed by atoms with van der Waals surface area (Å²) in [6, 6.07) is 7.07. The third kappa shape index (κ3) is 4.01. The van der Waals surface area contributed by atoms with Crippen LogP contribution >= 0.6 is 11.6 Å². The number of amides is 2. The molecule has 140 valence electrons. The molecule has 1 aromatic carbocycles. The third-order valence-corrected chi connectivity index (χ3v) is 5.18. The Bertz CT molecular complexity index is 709. The van der Waals surface area contributed by atoms with Crippen molar-refractivity contribution >= 4 is 35.1 Å². The van der Waals surface area contributed by atoms with Gasteiger partial charge in [0.15, 0.2) is 0 Å². The first-order valence-corrected chi connectivity index (χ1v) is 9.38. The molecule has 0 aliphatic carbocycles. The molecular weight excluding hydrogens is 356 g/mol. The van der Waals surface area contributed by atoms with Gasteiger partial charge in [0.1, 0.15) is 0 Å². The van der Waals surface area contributed by atoms with Crippen LogP contribution in [-0.2, 0) is 19.1 Å². The van der Waals surface area contributed by atoms with Gasteiger partial charge in [-0.15, -0.1) is 0 Å². The number of carbonyl (C=O) groups excluding carboxylic acids is 3. The topological polar surface area (TPSA) is 66.9 Å². The quantitative estimate of drug-likeness (QED) is 0.755. The van der Waals surface area contributed by atoms with Crippen LogP contribution < -0.4 is 4.90 Å². The predicted octanol–water partition coefficient (Wildman–Crippen LogP) is 2.49. The first-order valence-electron chi connectivity index (χ1n) is 9.01. The summed E-state index contributed by atoms with van der Waals surface area (Å²) in [6.45, 7) is 3.46. The second kappa shape index (κ2) is 8.08. The van der Waals surface area contributed by atoms with E-state index < -0.39 is 0 Å². The van der Waals surface area contributed by atoms with Crippen LogP contribution in [0.5, 0.6) is 0 Å². The van der Waals surface area contributed by atoms with Crippen molar-refractivity contribution in [2.45, 2.75) is 26.2 Å². The van der Waals surface area contributed by atoms with Crippen molar-refractivity contribution in [2.24, 2.45) is 11.8 Å². The minimum absolute atomic E-state index is 0.0584. The van der Waals surface area contributed by atoms with E-state index in [-0.39, 0.29) is 36.0 Å². The lowest BCUT2D eigenvalue weighted by Gasteiger charge is -2.33. The number of benzene rings is 1. The summed E-state index contributed by atoms with van der Waals surface area (Å²) >= 11 is 6.01. The summed E-state index contributed by atoms with van der Waals surface area (Å²) in [6.07, 6.45) is 1.70. The molecule has 0 radical (unpaired) electrons. The van der Waals surface area contributed by atoms with Crippen molar-refractivity contribution in [1.82, 2.24) is 4.90 Å². The molecule has 26 heavy (non-hydrogen) atoms. The largest absolute Gasteiger partial charge is 0.466 e. The average Bonchev–Trinajstić information content (AvgIpc) is 3.03. The van der Waals surface area contributed by atoms with Crippen LogP contribution in [0.4, 0.5) is 5.69 Å². The highest BCUT2D eigenvalue weighted by molar-refractivity contribution is 6.31. The fourth-order valence-electron chi connectivity index (χ4n) is 3.65. The van der Waals surface area contributed by atoms with Gasteiger partial charge < -0.3 is 14.5 Å². The molecule has 7 heteroatoms. The lowest BCUT2D eigenvalue weighted by atomic mass is 9.96. The van der Waals surface area contributed by atoms with Gasteiger partial charge in [-0.3, -0.25) is 14.4 Å². The summed E-state index contributed by atoms with van der Waals surface area (Å²) in [4.78, 5) is 40.6. The Kier molecular flexibility index (Phi) is 5.81. The van der Waals surface area contributed by atoms with E-state index in [0.29, 0.717) is 37.0 Å². The molecule has 2 saturated heterocycles. The van der Waals surface area contributed by atoms with Gasteiger partial charge in [-0.05, 0) is 38.0 Å². The van der Waals surface area contributed by atoms with E-state index in [2.05, 4.69) is 0 Å². The van der Waals surface area contributed by atoms with Gasteiger partial charge in [0.2, 0.25) is 11.8 Å². The van der Waals surface area contributed by atoms with Crippen LogP contribution in [-0.4, -0.2) is 48.9 Å². The molecule has 2 heterocycles. The van der Waals surface area contributed by atoms with E-state index in [1.165, 1.54) is 0 Å². The van der Waals surface area contributed by atoms with Crippen molar-refractivity contribution in [3.8, 4) is 0 Å². The number of nitrogens with zero attached hydrogens (tertiary/aromatic N) is 2. The number of likely N-dealkylation sites (tertiary alicyclic amines) is 1. The Morgan fingerprint density at radius 1 is 1.27 bits per heavy atom. The van der Waals surface area contributed by atoms with E-state index in [1.807, 2.05) is 6.07 Å².